The van der Waals surface area contributed by atoms with E-state index >= 15 is 0 Å². The summed E-state index contributed by atoms with van der Waals surface area (Å²) in [5.74, 6) is -0.146. The third kappa shape index (κ3) is 3.09. The lowest BCUT2D eigenvalue weighted by Gasteiger charge is -2.07. The topological polar surface area (TPSA) is 39.4 Å². The van der Waals surface area contributed by atoms with Gasteiger partial charge in [-0.25, -0.2) is 0 Å². The lowest BCUT2D eigenvalue weighted by molar-refractivity contribution is -0.147. The van der Waals surface area contributed by atoms with Crippen molar-refractivity contribution in [2.75, 3.05) is 0 Å². The van der Waals surface area contributed by atoms with Crippen LogP contribution in [0.5, 0.6) is 0 Å². The molecule has 0 unspecified atom stereocenters. The van der Waals surface area contributed by atoms with Crippen LogP contribution in [-0.4, -0.2) is 12.1 Å². The highest BCUT2D eigenvalue weighted by molar-refractivity contribution is 5.78. The Kier molecular flexibility index (Phi) is 3.47. The molecule has 0 bridgehead atoms. The van der Waals surface area contributed by atoms with Crippen LogP contribution in [0.2, 0.25) is 0 Å². The Bertz CT molecular complexity index is 511. The first-order valence-corrected chi connectivity index (χ1v) is 5.81. The summed E-state index contributed by atoms with van der Waals surface area (Å²) in [6.07, 6.45) is 2.74. The molecule has 1 aromatic carbocycles. The minimum Gasteiger partial charge on any atom is -0.464 e. The Morgan fingerprint density at radius 3 is 2.94 bits per heavy atom. The van der Waals surface area contributed by atoms with Crippen LogP contribution in [0, 0.1) is 0 Å². The van der Waals surface area contributed by atoms with Crippen LogP contribution < -0.4 is 0 Å². The predicted molar refractivity (Wildman–Crippen MR) is 65.8 cm³/mol. The van der Waals surface area contributed by atoms with Crippen molar-refractivity contribution in [3.8, 4) is 0 Å². The van der Waals surface area contributed by atoms with Gasteiger partial charge in [-0.1, -0.05) is 6.07 Å². The number of carbonyl (C=O) groups excluding carboxylic acids is 1. The first kappa shape index (κ1) is 11.7. The predicted octanol–water partition coefficient (Wildman–Crippen LogP) is 3.32. The van der Waals surface area contributed by atoms with E-state index in [1.54, 1.807) is 6.26 Å². The first-order chi connectivity index (χ1) is 8.15. The van der Waals surface area contributed by atoms with Crippen LogP contribution in [0.25, 0.3) is 11.0 Å². The van der Waals surface area contributed by atoms with E-state index in [0.29, 0.717) is 12.8 Å². The number of furan rings is 1. The molecule has 0 spiro atoms. The second-order valence-electron chi connectivity index (χ2n) is 4.33. The summed E-state index contributed by atoms with van der Waals surface area (Å²) in [5.41, 5.74) is 2.00. The average molecular weight is 232 g/mol. The second-order valence-corrected chi connectivity index (χ2v) is 4.33. The highest BCUT2D eigenvalue weighted by Crippen LogP contribution is 2.17. The highest BCUT2D eigenvalue weighted by atomic mass is 16.5. The molecule has 0 atom stereocenters. The average Bonchev–Trinajstić information content (AvgIpc) is 2.72. The van der Waals surface area contributed by atoms with E-state index in [-0.39, 0.29) is 12.1 Å². The number of hydrogen-bond donors (Lipinski definition) is 0. The smallest absolute Gasteiger partial charge is 0.306 e. The van der Waals surface area contributed by atoms with Crippen molar-refractivity contribution in [2.45, 2.75) is 32.8 Å². The third-order valence-corrected chi connectivity index (χ3v) is 2.50. The molecule has 3 heteroatoms. The number of carbonyl (C=O) groups is 1. The number of esters is 1. The van der Waals surface area contributed by atoms with E-state index in [1.807, 2.05) is 38.1 Å². The zero-order valence-electron chi connectivity index (χ0n) is 10.1. The lowest BCUT2D eigenvalue weighted by Crippen LogP contribution is -2.11. The van der Waals surface area contributed by atoms with E-state index in [1.165, 1.54) is 0 Å². The summed E-state index contributed by atoms with van der Waals surface area (Å²) >= 11 is 0. The van der Waals surface area contributed by atoms with Gasteiger partial charge >= 0.3 is 5.97 Å². The van der Waals surface area contributed by atoms with Gasteiger partial charge in [-0.15, -0.1) is 0 Å². The molecule has 0 aliphatic rings. The van der Waals surface area contributed by atoms with Crippen LogP contribution >= 0.6 is 0 Å². The third-order valence-electron chi connectivity index (χ3n) is 2.50. The SMILES string of the molecule is CC(C)OC(=O)CCc1ccc2occc2c1. The molecule has 0 N–H and O–H groups in total. The first-order valence-electron chi connectivity index (χ1n) is 5.81. The fourth-order valence-corrected chi connectivity index (χ4v) is 1.74. The fourth-order valence-electron chi connectivity index (χ4n) is 1.74. The summed E-state index contributed by atoms with van der Waals surface area (Å²) < 4.78 is 10.3. The van der Waals surface area contributed by atoms with E-state index in [0.717, 1.165) is 16.5 Å². The molecule has 2 aromatic rings. The Morgan fingerprint density at radius 1 is 1.35 bits per heavy atom. The number of benzene rings is 1. The van der Waals surface area contributed by atoms with E-state index < -0.39 is 0 Å². The van der Waals surface area contributed by atoms with Crippen LogP contribution in [0.4, 0.5) is 0 Å². The van der Waals surface area contributed by atoms with Gasteiger partial charge in [0.05, 0.1) is 12.4 Å². The van der Waals surface area contributed by atoms with E-state index in [4.69, 9.17) is 9.15 Å². The molecular weight excluding hydrogens is 216 g/mol. The molecule has 0 saturated carbocycles. The van der Waals surface area contributed by atoms with Crippen LogP contribution in [-0.2, 0) is 16.0 Å². The van der Waals surface area contributed by atoms with Crippen molar-refractivity contribution in [2.24, 2.45) is 0 Å². The maximum atomic E-state index is 11.4. The number of ether oxygens (including phenoxy) is 1. The standard InChI is InChI=1S/C14H16O3/c1-10(2)17-14(15)6-4-11-3-5-13-12(9-11)7-8-16-13/h3,5,7-10H,4,6H2,1-2H3. The van der Waals surface area contributed by atoms with Crippen molar-refractivity contribution >= 4 is 16.9 Å². The Hall–Kier alpha value is -1.77. The summed E-state index contributed by atoms with van der Waals surface area (Å²) in [7, 11) is 0. The monoisotopic (exact) mass is 232 g/mol. The van der Waals surface area contributed by atoms with Crippen molar-refractivity contribution in [3.05, 3.63) is 36.1 Å². The summed E-state index contributed by atoms with van der Waals surface area (Å²) in [4.78, 5) is 11.4. The molecular formula is C14H16O3. The van der Waals surface area contributed by atoms with E-state index in [2.05, 4.69) is 0 Å². The maximum absolute atomic E-state index is 11.4. The highest BCUT2D eigenvalue weighted by Gasteiger charge is 2.06. The Balaban J connectivity index is 1.96. The molecule has 3 nitrogen and oxygen atoms in total. The molecule has 0 radical (unpaired) electrons. The van der Waals surface area contributed by atoms with Crippen molar-refractivity contribution in [3.63, 3.8) is 0 Å². The normalized spacial score (nSPS) is 11.0. The summed E-state index contributed by atoms with van der Waals surface area (Å²) in [5, 5.41) is 1.07. The van der Waals surface area contributed by atoms with Gasteiger partial charge in [-0.2, -0.15) is 0 Å². The Morgan fingerprint density at radius 2 is 2.18 bits per heavy atom. The molecule has 0 aliphatic heterocycles. The molecule has 0 saturated heterocycles. The molecule has 17 heavy (non-hydrogen) atoms. The van der Waals surface area contributed by atoms with Crippen molar-refractivity contribution in [1.29, 1.82) is 0 Å². The number of rotatable bonds is 4. The minimum absolute atomic E-state index is 0.0427. The van der Waals surface area contributed by atoms with Gasteiger partial charge in [-0.3, -0.25) is 4.79 Å². The van der Waals surface area contributed by atoms with Gasteiger partial charge in [0.2, 0.25) is 0 Å². The molecule has 0 aliphatic carbocycles. The van der Waals surface area contributed by atoms with Crippen LogP contribution in [0.3, 0.4) is 0 Å². The van der Waals surface area contributed by atoms with Gasteiger partial charge < -0.3 is 9.15 Å². The zero-order valence-corrected chi connectivity index (χ0v) is 10.1. The lowest BCUT2D eigenvalue weighted by atomic mass is 10.1. The molecule has 2 rings (SSSR count). The Labute approximate surface area is 100 Å². The van der Waals surface area contributed by atoms with Gasteiger partial charge in [0.15, 0.2) is 0 Å². The molecule has 0 fully saturated rings. The number of aryl methyl sites for hydroxylation is 1. The zero-order chi connectivity index (χ0) is 12.3. The van der Waals surface area contributed by atoms with Crippen LogP contribution in [0.1, 0.15) is 25.8 Å². The summed E-state index contributed by atoms with van der Waals surface area (Å²) in [6, 6.07) is 7.87. The van der Waals surface area contributed by atoms with Gasteiger partial charge in [0.25, 0.3) is 0 Å². The quantitative estimate of drug-likeness (QED) is 0.759. The fraction of sp³-hybridized carbons (Fsp3) is 0.357. The van der Waals surface area contributed by atoms with Crippen LogP contribution in [0.15, 0.2) is 34.9 Å². The number of hydrogen-bond acceptors (Lipinski definition) is 3. The van der Waals surface area contributed by atoms with Gasteiger partial charge in [0.1, 0.15) is 5.58 Å². The summed E-state index contributed by atoms with van der Waals surface area (Å²) in [6.45, 7) is 3.71. The molecule has 1 aromatic heterocycles. The van der Waals surface area contributed by atoms with Crippen molar-refractivity contribution < 1.29 is 13.9 Å². The molecule has 1 heterocycles. The van der Waals surface area contributed by atoms with E-state index in [9.17, 15) is 4.79 Å². The van der Waals surface area contributed by atoms with Crippen molar-refractivity contribution in [1.82, 2.24) is 0 Å². The minimum atomic E-state index is -0.146. The maximum Gasteiger partial charge on any atom is 0.306 e. The molecule has 0 amide bonds. The van der Waals surface area contributed by atoms with Gasteiger partial charge in [-0.05, 0) is 44.0 Å². The largest absolute Gasteiger partial charge is 0.464 e. The molecule has 90 valence electrons. The number of fused-ring (bicyclic) bond motifs is 1. The second kappa shape index (κ2) is 5.04. The van der Waals surface area contributed by atoms with Gasteiger partial charge in [0, 0.05) is 11.8 Å².